The molecule has 1 aromatic carbocycles. The van der Waals surface area contributed by atoms with Gasteiger partial charge in [0.2, 0.25) is 10.0 Å². The number of hydrogen-bond donors (Lipinski definition) is 1. The molecule has 5 heteroatoms. The largest absolute Gasteiger partial charge is 0.283 e. The highest BCUT2D eigenvalue weighted by atomic mass is 35.5. The third-order valence-electron chi connectivity index (χ3n) is 1.99. The van der Waals surface area contributed by atoms with Gasteiger partial charge >= 0.3 is 0 Å². The maximum atomic E-state index is 11.5. The van der Waals surface area contributed by atoms with Crippen LogP contribution in [-0.4, -0.2) is 13.7 Å². The highest BCUT2D eigenvalue weighted by Gasteiger charge is 2.14. The maximum absolute atomic E-state index is 11.5. The Morgan fingerprint density at radius 2 is 1.80 bits per heavy atom. The van der Waals surface area contributed by atoms with Gasteiger partial charge in [0.25, 0.3) is 0 Å². The number of nitrogens with one attached hydrogen (secondary N) is 1. The third kappa shape index (κ3) is 3.39. The lowest BCUT2D eigenvalue weighted by atomic mass is 10.2. The molecular formula is C10H14ClNO2S. The lowest BCUT2D eigenvalue weighted by molar-refractivity contribution is 0.593. The first-order chi connectivity index (χ1) is 6.95. The predicted molar refractivity (Wildman–Crippen MR) is 63.7 cm³/mol. The minimum absolute atomic E-state index is 0.428. The van der Waals surface area contributed by atoms with E-state index in [1.807, 2.05) is 0 Å². The first-order valence-corrected chi connectivity index (χ1v) is 6.70. The van der Waals surface area contributed by atoms with Crippen molar-refractivity contribution in [1.29, 1.82) is 0 Å². The van der Waals surface area contributed by atoms with E-state index in [1.54, 1.807) is 38.1 Å². The normalized spacial score (nSPS) is 11.7. The van der Waals surface area contributed by atoms with Gasteiger partial charge in [0.1, 0.15) is 0 Å². The molecule has 0 bridgehead atoms. The summed E-state index contributed by atoms with van der Waals surface area (Å²) in [6.07, 6.45) is 0. The fourth-order valence-corrected chi connectivity index (χ4v) is 1.82. The molecule has 0 heterocycles. The van der Waals surface area contributed by atoms with Crippen LogP contribution in [0.4, 0.5) is 5.69 Å². The second kappa shape index (κ2) is 4.86. The summed E-state index contributed by atoms with van der Waals surface area (Å²) < 4.78 is 25.5. The Balaban J connectivity index is 2.82. The molecule has 1 aromatic rings. The molecule has 0 amide bonds. The number of rotatable bonds is 4. The first kappa shape index (κ1) is 12.3. The Morgan fingerprint density at radius 3 is 2.20 bits per heavy atom. The van der Waals surface area contributed by atoms with Crippen molar-refractivity contribution in [2.75, 3.05) is 4.72 Å². The molecule has 15 heavy (non-hydrogen) atoms. The van der Waals surface area contributed by atoms with Crippen LogP contribution < -0.4 is 4.72 Å². The molecule has 0 saturated heterocycles. The number of anilines is 1. The maximum Gasteiger partial charge on any atom is 0.235 e. The first-order valence-electron chi connectivity index (χ1n) is 4.62. The number of halogens is 1. The third-order valence-corrected chi connectivity index (χ3v) is 4.06. The molecule has 84 valence electrons. The second-order valence-corrected chi connectivity index (χ2v) is 6.03. The Labute approximate surface area is 95.5 Å². The molecule has 0 fully saturated rings. The summed E-state index contributed by atoms with van der Waals surface area (Å²) in [5.41, 5.74) is 1.53. The van der Waals surface area contributed by atoms with Gasteiger partial charge in [0.05, 0.1) is 5.25 Å². The van der Waals surface area contributed by atoms with Crippen molar-refractivity contribution in [3.63, 3.8) is 0 Å². The zero-order valence-corrected chi connectivity index (χ0v) is 10.3. The van der Waals surface area contributed by atoms with Gasteiger partial charge in [-0.1, -0.05) is 12.1 Å². The van der Waals surface area contributed by atoms with Crippen LogP contribution in [0.1, 0.15) is 19.4 Å². The summed E-state index contributed by atoms with van der Waals surface area (Å²) in [5, 5.41) is -0.440. The average Bonchev–Trinajstić information content (AvgIpc) is 2.18. The predicted octanol–water partition coefficient (Wildman–Crippen LogP) is 2.58. The van der Waals surface area contributed by atoms with E-state index in [4.69, 9.17) is 11.6 Å². The fourth-order valence-electron chi connectivity index (χ4n) is 0.944. The van der Waals surface area contributed by atoms with Crippen LogP contribution in [0.25, 0.3) is 0 Å². The van der Waals surface area contributed by atoms with Gasteiger partial charge in [-0.15, -0.1) is 11.6 Å². The van der Waals surface area contributed by atoms with Crippen LogP contribution in [0.2, 0.25) is 0 Å². The summed E-state index contributed by atoms with van der Waals surface area (Å²) >= 11 is 5.62. The van der Waals surface area contributed by atoms with Crippen molar-refractivity contribution in [3.05, 3.63) is 29.8 Å². The van der Waals surface area contributed by atoms with Crippen LogP contribution in [0.3, 0.4) is 0 Å². The second-order valence-electron chi connectivity index (χ2n) is 3.53. The highest BCUT2D eigenvalue weighted by Crippen LogP contribution is 2.14. The smallest absolute Gasteiger partial charge is 0.235 e. The highest BCUT2D eigenvalue weighted by molar-refractivity contribution is 7.93. The standard InChI is InChI=1S/C10H14ClNO2S/c1-8(2)15(13,14)12-10-5-3-9(7-11)4-6-10/h3-6,8,12H,7H2,1-2H3. The van der Waals surface area contributed by atoms with Crippen LogP contribution >= 0.6 is 11.6 Å². The van der Waals surface area contributed by atoms with E-state index in [-0.39, 0.29) is 0 Å². The van der Waals surface area contributed by atoms with E-state index < -0.39 is 15.3 Å². The zero-order chi connectivity index (χ0) is 11.5. The summed E-state index contributed by atoms with van der Waals surface area (Å²) in [5.74, 6) is 0.428. The SMILES string of the molecule is CC(C)S(=O)(=O)Nc1ccc(CCl)cc1. The molecule has 0 aliphatic rings. The molecule has 0 unspecified atom stereocenters. The molecule has 0 aliphatic carbocycles. The molecule has 3 nitrogen and oxygen atoms in total. The summed E-state index contributed by atoms with van der Waals surface area (Å²) in [6, 6.07) is 7.01. The van der Waals surface area contributed by atoms with Crippen LogP contribution in [0.5, 0.6) is 0 Å². The summed E-state index contributed by atoms with van der Waals surface area (Å²) in [6.45, 7) is 3.27. The number of hydrogen-bond acceptors (Lipinski definition) is 2. The lowest BCUT2D eigenvalue weighted by Crippen LogP contribution is -2.22. The molecule has 0 aliphatic heterocycles. The molecule has 0 atom stereocenters. The quantitative estimate of drug-likeness (QED) is 0.832. The van der Waals surface area contributed by atoms with Crippen molar-refractivity contribution in [2.45, 2.75) is 25.0 Å². The Morgan fingerprint density at radius 1 is 1.27 bits per heavy atom. The Bertz CT molecular complexity index is 412. The molecule has 0 saturated carbocycles. The van der Waals surface area contributed by atoms with E-state index in [0.29, 0.717) is 11.6 Å². The van der Waals surface area contributed by atoms with Crippen molar-refractivity contribution in [2.24, 2.45) is 0 Å². The van der Waals surface area contributed by atoms with Crippen molar-refractivity contribution < 1.29 is 8.42 Å². The van der Waals surface area contributed by atoms with Crippen molar-refractivity contribution in [1.82, 2.24) is 0 Å². The van der Waals surface area contributed by atoms with Gasteiger partial charge in [0.15, 0.2) is 0 Å². The minimum atomic E-state index is -3.25. The number of sulfonamides is 1. The monoisotopic (exact) mass is 247 g/mol. The number of benzene rings is 1. The summed E-state index contributed by atoms with van der Waals surface area (Å²) in [4.78, 5) is 0. The molecule has 1 N–H and O–H groups in total. The Kier molecular flexibility index (Phi) is 3.99. The molecule has 1 rings (SSSR count). The van der Waals surface area contributed by atoms with Crippen LogP contribution in [-0.2, 0) is 15.9 Å². The van der Waals surface area contributed by atoms with Gasteiger partial charge in [-0.3, -0.25) is 4.72 Å². The summed E-state index contributed by atoms with van der Waals surface area (Å²) in [7, 11) is -3.25. The minimum Gasteiger partial charge on any atom is -0.283 e. The lowest BCUT2D eigenvalue weighted by Gasteiger charge is -2.10. The van der Waals surface area contributed by atoms with E-state index in [2.05, 4.69) is 4.72 Å². The molecular weight excluding hydrogens is 234 g/mol. The van der Waals surface area contributed by atoms with E-state index in [9.17, 15) is 8.42 Å². The van der Waals surface area contributed by atoms with Crippen molar-refractivity contribution in [3.8, 4) is 0 Å². The van der Waals surface area contributed by atoms with Gasteiger partial charge in [-0.2, -0.15) is 0 Å². The zero-order valence-electron chi connectivity index (χ0n) is 8.70. The average molecular weight is 248 g/mol. The van der Waals surface area contributed by atoms with Crippen molar-refractivity contribution >= 4 is 27.3 Å². The van der Waals surface area contributed by atoms with E-state index in [0.717, 1.165) is 5.56 Å². The molecule has 0 radical (unpaired) electrons. The van der Waals surface area contributed by atoms with E-state index >= 15 is 0 Å². The van der Waals surface area contributed by atoms with Crippen LogP contribution in [0, 0.1) is 0 Å². The van der Waals surface area contributed by atoms with Gasteiger partial charge < -0.3 is 0 Å². The Hall–Kier alpha value is -0.740. The van der Waals surface area contributed by atoms with Gasteiger partial charge in [-0.25, -0.2) is 8.42 Å². The van der Waals surface area contributed by atoms with E-state index in [1.165, 1.54) is 0 Å². The topological polar surface area (TPSA) is 46.2 Å². The molecule has 0 aromatic heterocycles. The fraction of sp³-hybridized carbons (Fsp3) is 0.400. The van der Waals surface area contributed by atoms with Gasteiger partial charge in [-0.05, 0) is 31.5 Å². The molecule has 0 spiro atoms. The van der Waals surface area contributed by atoms with Gasteiger partial charge in [0, 0.05) is 11.6 Å². The van der Waals surface area contributed by atoms with Crippen LogP contribution in [0.15, 0.2) is 24.3 Å². The number of alkyl halides is 1.